The first-order valence-electron chi connectivity index (χ1n) is 8.34. The second-order valence-corrected chi connectivity index (χ2v) is 5.90. The number of aryl methyl sites for hydroxylation is 1. The molecule has 1 atom stereocenters. The number of hydrogen-bond acceptors (Lipinski definition) is 3. The Hall–Kier alpha value is -1.39. The van der Waals surface area contributed by atoms with E-state index < -0.39 is 0 Å². The van der Waals surface area contributed by atoms with Gasteiger partial charge in [-0.1, -0.05) is 30.3 Å². The highest BCUT2D eigenvalue weighted by atomic mass is 16.5. The maximum atomic E-state index is 12.0. The number of methoxy groups -OCH3 is 1. The Kier molecular flexibility index (Phi) is 7.40. The molecule has 0 aromatic heterocycles. The van der Waals surface area contributed by atoms with E-state index in [4.69, 9.17) is 4.74 Å². The van der Waals surface area contributed by atoms with Gasteiger partial charge < -0.3 is 15.0 Å². The normalized spacial score (nSPS) is 18.1. The molecular weight excluding hydrogens is 276 g/mol. The lowest BCUT2D eigenvalue weighted by atomic mass is 10.1. The SMILES string of the molecule is COCCNCC[C@@H]1CCC(=O)N1CCCc1ccccc1. The van der Waals surface area contributed by atoms with E-state index in [1.54, 1.807) is 7.11 Å². The number of carbonyl (C=O) groups is 1. The summed E-state index contributed by atoms with van der Waals surface area (Å²) in [6.07, 6.45) is 4.86. The van der Waals surface area contributed by atoms with Crippen LogP contribution in [0.25, 0.3) is 0 Å². The predicted octanol–water partition coefficient (Wildman–Crippen LogP) is 2.24. The van der Waals surface area contributed by atoms with Crippen LogP contribution in [0, 0.1) is 0 Å². The van der Waals surface area contributed by atoms with Gasteiger partial charge in [0.05, 0.1) is 6.61 Å². The van der Waals surface area contributed by atoms with E-state index in [0.29, 0.717) is 18.4 Å². The van der Waals surface area contributed by atoms with Gasteiger partial charge in [0.15, 0.2) is 0 Å². The van der Waals surface area contributed by atoms with Crippen molar-refractivity contribution in [2.45, 2.75) is 38.1 Å². The first kappa shape index (κ1) is 17.0. The van der Waals surface area contributed by atoms with E-state index in [1.165, 1.54) is 5.56 Å². The van der Waals surface area contributed by atoms with Crippen LogP contribution < -0.4 is 5.32 Å². The minimum Gasteiger partial charge on any atom is -0.383 e. The number of hydrogen-bond donors (Lipinski definition) is 1. The van der Waals surface area contributed by atoms with E-state index >= 15 is 0 Å². The molecule has 1 aliphatic heterocycles. The van der Waals surface area contributed by atoms with Crippen LogP contribution >= 0.6 is 0 Å². The highest BCUT2D eigenvalue weighted by Gasteiger charge is 2.29. The summed E-state index contributed by atoms with van der Waals surface area (Å²) >= 11 is 0. The van der Waals surface area contributed by atoms with E-state index in [9.17, 15) is 4.79 Å². The van der Waals surface area contributed by atoms with Crippen LogP contribution in [0.4, 0.5) is 0 Å². The van der Waals surface area contributed by atoms with Crippen LogP contribution in [0.15, 0.2) is 30.3 Å². The van der Waals surface area contributed by atoms with Gasteiger partial charge in [-0.05, 0) is 37.8 Å². The van der Waals surface area contributed by atoms with Crippen LogP contribution in [-0.4, -0.2) is 50.2 Å². The van der Waals surface area contributed by atoms with E-state index in [1.807, 2.05) is 6.07 Å². The summed E-state index contributed by atoms with van der Waals surface area (Å²) in [5.74, 6) is 0.329. The fraction of sp³-hybridized carbons (Fsp3) is 0.611. The molecule has 4 nitrogen and oxygen atoms in total. The molecule has 1 aromatic rings. The lowest BCUT2D eigenvalue weighted by molar-refractivity contribution is -0.129. The number of nitrogens with one attached hydrogen (secondary N) is 1. The van der Waals surface area contributed by atoms with Crippen molar-refractivity contribution in [1.29, 1.82) is 0 Å². The fourth-order valence-electron chi connectivity index (χ4n) is 3.07. The van der Waals surface area contributed by atoms with Gasteiger partial charge in [0.25, 0.3) is 0 Å². The summed E-state index contributed by atoms with van der Waals surface area (Å²) in [6, 6.07) is 10.9. The number of carbonyl (C=O) groups excluding carboxylic acids is 1. The third-order valence-corrected chi connectivity index (χ3v) is 4.30. The van der Waals surface area contributed by atoms with Gasteiger partial charge in [-0.15, -0.1) is 0 Å². The lowest BCUT2D eigenvalue weighted by Gasteiger charge is -2.25. The Labute approximate surface area is 133 Å². The number of ether oxygens (including phenoxy) is 1. The van der Waals surface area contributed by atoms with Gasteiger partial charge in [0, 0.05) is 32.7 Å². The molecule has 1 heterocycles. The molecule has 0 saturated carbocycles. The first-order valence-corrected chi connectivity index (χ1v) is 8.34. The molecule has 2 rings (SSSR count). The van der Waals surface area contributed by atoms with Crippen molar-refractivity contribution in [3.8, 4) is 0 Å². The van der Waals surface area contributed by atoms with Crippen molar-refractivity contribution >= 4 is 5.91 Å². The molecule has 1 N–H and O–H groups in total. The second kappa shape index (κ2) is 9.59. The smallest absolute Gasteiger partial charge is 0.222 e. The molecule has 0 spiro atoms. The Morgan fingerprint density at radius 2 is 2.09 bits per heavy atom. The maximum Gasteiger partial charge on any atom is 0.222 e. The van der Waals surface area contributed by atoms with E-state index in [-0.39, 0.29) is 0 Å². The summed E-state index contributed by atoms with van der Waals surface area (Å²) in [5, 5.41) is 3.37. The maximum absolute atomic E-state index is 12.0. The number of benzene rings is 1. The zero-order valence-electron chi connectivity index (χ0n) is 13.6. The van der Waals surface area contributed by atoms with Crippen LogP contribution in [0.1, 0.15) is 31.2 Å². The number of likely N-dealkylation sites (tertiary alicyclic amines) is 1. The molecule has 1 aromatic carbocycles. The van der Waals surface area contributed by atoms with Gasteiger partial charge >= 0.3 is 0 Å². The molecule has 1 aliphatic rings. The summed E-state index contributed by atoms with van der Waals surface area (Å²) in [6.45, 7) is 3.46. The molecule has 22 heavy (non-hydrogen) atoms. The van der Waals surface area contributed by atoms with Gasteiger partial charge in [-0.3, -0.25) is 4.79 Å². The molecule has 0 aliphatic carbocycles. The Morgan fingerprint density at radius 1 is 1.27 bits per heavy atom. The molecule has 1 amide bonds. The fourth-order valence-corrected chi connectivity index (χ4v) is 3.07. The van der Waals surface area contributed by atoms with Gasteiger partial charge in [0.1, 0.15) is 0 Å². The third kappa shape index (κ3) is 5.43. The van der Waals surface area contributed by atoms with Gasteiger partial charge in [-0.25, -0.2) is 0 Å². The molecule has 0 unspecified atom stereocenters. The minimum absolute atomic E-state index is 0.329. The number of amides is 1. The summed E-state index contributed by atoms with van der Waals surface area (Å²) in [5.41, 5.74) is 1.35. The highest BCUT2D eigenvalue weighted by Crippen LogP contribution is 2.21. The standard InChI is InChI=1S/C18H28N2O2/c1-22-15-13-19-12-11-17-9-10-18(21)20(17)14-5-8-16-6-3-2-4-7-16/h2-4,6-7,17,19H,5,8-15H2,1H3/t17-/m0/s1. The highest BCUT2D eigenvalue weighted by molar-refractivity contribution is 5.78. The largest absolute Gasteiger partial charge is 0.383 e. The Balaban J connectivity index is 1.69. The van der Waals surface area contributed by atoms with Crippen molar-refractivity contribution in [1.82, 2.24) is 10.2 Å². The molecule has 122 valence electrons. The van der Waals surface area contributed by atoms with Crippen LogP contribution in [0.2, 0.25) is 0 Å². The van der Waals surface area contributed by atoms with Crippen molar-refractivity contribution in [2.24, 2.45) is 0 Å². The number of rotatable bonds is 10. The Morgan fingerprint density at radius 3 is 2.86 bits per heavy atom. The lowest BCUT2D eigenvalue weighted by Crippen LogP contribution is -2.36. The Bertz CT molecular complexity index is 436. The molecule has 0 bridgehead atoms. The zero-order valence-corrected chi connectivity index (χ0v) is 13.6. The summed E-state index contributed by atoms with van der Waals surface area (Å²) in [4.78, 5) is 14.1. The van der Waals surface area contributed by atoms with E-state index in [0.717, 1.165) is 51.9 Å². The van der Waals surface area contributed by atoms with Gasteiger partial charge in [0.2, 0.25) is 5.91 Å². The third-order valence-electron chi connectivity index (χ3n) is 4.30. The predicted molar refractivity (Wildman–Crippen MR) is 88.9 cm³/mol. The zero-order chi connectivity index (χ0) is 15.6. The average molecular weight is 304 g/mol. The average Bonchev–Trinajstić information content (AvgIpc) is 2.89. The van der Waals surface area contributed by atoms with Crippen molar-refractivity contribution < 1.29 is 9.53 Å². The van der Waals surface area contributed by atoms with E-state index in [2.05, 4.69) is 34.5 Å². The molecule has 4 heteroatoms. The topological polar surface area (TPSA) is 41.6 Å². The molecule has 1 fully saturated rings. The molecule has 0 radical (unpaired) electrons. The quantitative estimate of drug-likeness (QED) is 0.674. The van der Waals surface area contributed by atoms with Crippen LogP contribution in [-0.2, 0) is 16.0 Å². The van der Waals surface area contributed by atoms with Crippen molar-refractivity contribution in [2.75, 3.05) is 33.4 Å². The summed E-state index contributed by atoms with van der Waals surface area (Å²) in [7, 11) is 1.71. The number of nitrogens with zero attached hydrogens (tertiary/aromatic N) is 1. The molecular formula is C18H28N2O2. The van der Waals surface area contributed by atoms with Crippen LogP contribution in [0.3, 0.4) is 0 Å². The van der Waals surface area contributed by atoms with Gasteiger partial charge in [-0.2, -0.15) is 0 Å². The van der Waals surface area contributed by atoms with Crippen molar-refractivity contribution in [3.05, 3.63) is 35.9 Å². The van der Waals surface area contributed by atoms with Crippen molar-refractivity contribution in [3.63, 3.8) is 0 Å². The monoisotopic (exact) mass is 304 g/mol. The summed E-state index contributed by atoms with van der Waals surface area (Å²) < 4.78 is 5.02. The molecule has 1 saturated heterocycles. The first-order chi connectivity index (χ1) is 10.8. The second-order valence-electron chi connectivity index (χ2n) is 5.90. The minimum atomic E-state index is 0.329. The van der Waals surface area contributed by atoms with Crippen LogP contribution in [0.5, 0.6) is 0 Å².